The third-order valence-electron chi connectivity index (χ3n) is 1.69. The van der Waals surface area contributed by atoms with Crippen molar-refractivity contribution in [2.45, 2.75) is 18.9 Å². The Bertz CT molecular complexity index is 331. The maximum absolute atomic E-state index is 11.2. The van der Waals surface area contributed by atoms with Gasteiger partial charge in [-0.05, 0) is 6.42 Å². The number of hydrogen-bond donors (Lipinski definition) is 4. The zero-order chi connectivity index (χ0) is 13.4. The lowest BCUT2D eigenvalue weighted by molar-refractivity contribution is -0.140. The summed E-state index contributed by atoms with van der Waals surface area (Å²) < 4.78 is 0.532. The molecule has 7 nitrogen and oxygen atoms in total. The zero-order valence-corrected chi connectivity index (χ0v) is 10.5. The van der Waals surface area contributed by atoms with Crippen LogP contribution in [0.2, 0.25) is 0 Å². The number of amides is 2. The van der Waals surface area contributed by atoms with Crippen molar-refractivity contribution in [2.75, 3.05) is 6.54 Å². The van der Waals surface area contributed by atoms with Gasteiger partial charge in [-0.3, -0.25) is 4.79 Å². The van der Waals surface area contributed by atoms with E-state index in [2.05, 4.69) is 33.1 Å². The second kappa shape index (κ2) is 7.66. The van der Waals surface area contributed by atoms with Gasteiger partial charge in [0.15, 0.2) is 0 Å². The van der Waals surface area contributed by atoms with Crippen LogP contribution in [0.5, 0.6) is 0 Å². The molecule has 0 radical (unpaired) electrons. The van der Waals surface area contributed by atoms with E-state index in [1.165, 1.54) is 0 Å². The van der Waals surface area contributed by atoms with Crippen LogP contribution in [0.4, 0.5) is 4.79 Å². The van der Waals surface area contributed by atoms with Crippen LogP contribution in [-0.2, 0) is 9.59 Å². The second-order valence-corrected chi connectivity index (χ2v) is 4.29. The van der Waals surface area contributed by atoms with E-state index in [4.69, 9.17) is 10.2 Å². The highest BCUT2D eigenvalue weighted by molar-refractivity contribution is 9.11. The molecule has 0 saturated carbocycles. The first-order valence-corrected chi connectivity index (χ1v) is 5.44. The Kier molecular flexibility index (Phi) is 6.95. The molecule has 0 heterocycles. The number of aliphatic carboxylic acids is 2. The minimum Gasteiger partial charge on any atom is -0.481 e. The number of urea groups is 1. The average molecular weight is 309 g/mol. The van der Waals surface area contributed by atoms with Crippen molar-refractivity contribution in [2.24, 2.45) is 0 Å². The summed E-state index contributed by atoms with van der Waals surface area (Å²) in [5, 5.41) is 21.7. The van der Waals surface area contributed by atoms with Gasteiger partial charge >= 0.3 is 18.0 Å². The van der Waals surface area contributed by atoms with Crippen LogP contribution in [0, 0.1) is 0 Å². The zero-order valence-electron chi connectivity index (χ0n) is 8.90. The summed E-state index contributed by atoms with van der Waals surface area (Å²) in [5.74, 6) is -2.40. The number of carbonyl (C=O) groups excluding carboxylic acids is 1. The minimum atomic E-state index is -1.28. The fourth-order valence-electron chi connectivity index (χ4n) is 0.911. The van der Waals surface area contributed by atoms with E-state index in [1.54, 1.807) is 0 Å². The molecule has 1 atom stereocenters. The van der Waals surface area contributed by atoms with Gasteiger partial charge in [0.05, 0.1) is 6.54 Å². The maximum Gasteiger partial charge on any atom is 0.326 e. The first-order valence-electron chi connectivity index (χ1n) is 4.65. The van der Waals surface area contributed by atoms with E-state index < -0.39 is 24.0 Å². The van der Waals surface area contributed by atoms with Gasteiger partial charge in [-0.15, -0.1) is 0 Å². The monoisotopic (exact) mass is 308 g/mol. The number of carboxylic acids is 2. The molecule has 0 spiro atoms. The van der Waals surface area contributed by atoms with E-state index in [0.29, 0.717) is 4.48 Å². The summed E-state index contributed by atoms with van der Waals surface area (Å²) in [6.07, 6.45) is -0.504. The van der Waals surface area contributed by atoms with Crippen molar-refractivity contribution < 1.29 is 24.6 Å². The molecular weight excluding hydrogens is 296 g/mol. The molecule has 0 bridgehead atoms. The van der Waals surface area contributed by atoms with E-state index in [1.807, 2.05) is 0 Å². The second-order valence-electron chi connectivity index (χ2n) is 3.17. The lowest BCUT2D eigenvalue weighted by atomic mass is 10.1. The summed E-state index contributed by atoms with van der Waals surface area (Å²) >= 11 is 3.02. The van der Waals surface area contributed by atoms with Crippen molar-refractivity contribution in [1.82, 2.24) is 10.6 Å². The quantitative estimate of drug-likeness (QED) is 0.547. The summed E-state index contributed by atoms with van der Waals surface area (Å²) in [4.78, 5) is 32.2. The Morgan fingerprint density at radius 1 is 1.29 bits per heavy atom. The van der Waals surface area contributed by atoms with Gasteiger partial charge in [0, 0.05) is 10.9 Å². The minimum absolute atomic E-state index is 0.150. The predicted octanol–water partition coefficient (Wildman–Crippen LogP) is 0.512. The first kappa shape index (κ1) is 15.4. The van der Waals surface area contributed by atoms with Gasteiger partial charge in [0.1, 0.15) is 6.04 Å². The molecular formula is C9H13BrN2O5. The normalized spacial score (nSPS) is 11.4. The standard InChI is InChI=1S/C9H13BrN2O5/c1-5(10)4-11-9(17)12-6(8(15)16)2-3-7(13)14/h6H,1-4H2,(H,13,14)(H,15,16)(H2,11,12,17)/t6-/m0/s1. The van der Waals surface area contributed by atoms with Crippen molar-refractivity contribution >= 4 is 33.9 Å². The van der Waals surface area contributed by atoms with Crippen LogP contribution >= 0.6 is 15.9 Å². The van der Waals surface area contributed by atoms with Crippen LogP contribution in [0.1, 0.15) is 12.8 Å². The van der Waals surface area contributed by atoms with Crippen molar-refractivity contribution in [1.29, 1.82) is 0 Å². The third kappa shape index (κ3) is 8.26. The Hall–Kier alpha value is -1.57. The number of carbonyl (C=O) groups is 3. The molecule has 0 aromatic heterocycles. The summed E-state index contributed by atoms with van der Waals surface area (Å²) in [6.45, 7) is 3.63. The van der Waals surface area contributed by atoms with Gasteiger partial charge in [-0.2, -0.15) is 0 Å². The number of nitrogens with one attached hydrogen (secondary N) is 2. The fraction of sp³-hybridized carbons (Fsp3) is 0.444. The van der Waals surface area contributed by atoms with Gasteiger partial charge < -0.3 is 20.8 Å². The molecule has 2 amide bonds. The SMILES string of the molecule is C=C(Br)CNC(=O)N[C@@H](CCC(=O)O)C(=O)O. The largest absolute Gasteiger partial charge is 0.481 e. The van der Waals surface area contributed by atoms with E-state index in [-0.39, 0.29) is 19.4 Å². The molecule has 0 aliphatic heterocycles. The van der Waals surface area contributed by atoms with E-state index in [9.17, 15) is 14.4 Å². The summed E-state index contributed by atoms with van der Waals surface area (Å²) in [7, 11) is 0. The maximum atomic E-state index is 11.2. The molecule has 0 saturated heterocycles. The molecule has 0 fully saturated rings. The summed E-state index contributed by atoms with van der Waals surface area (Å²) in [6, 6.07) is -1.92. The average Bonchev–Trinajstić information content (AvgIpc) is 2.20. The van der Waals surface area contributed by atoms with Gasteiger partial charge in [0.25, 0.3) is 0 Å². The first-order chi connectivity index (χ1) is 7.82. The van der Waals surface area contributed by atoms with Crippen LogP contribution in [0.3, 0.4) is 0 Å². The Morgan fingerprint density at radius 3 is 2.29 bits per heavy atom. The fourth-order valence-corrected chi connectivity index (χ4v) is 1.05. The van der Waals surface area contributed by atoms with Crippen LogP contribution < -0.4 is 10.6 Å². The van der Waals surface area contributed by atoms with Gasteiger partial charge in [0.2, 0.25) is 0 Å². The predicted molar refractivity (Wildman–Crippen MR) is 62.9 cm³/mol. The Balaban J connectivity index is 4.15. The summed E-state index contributed by atoms with van der Waals surface area (Å²) in [5.41, 5.74) is 0. The molecule has 8 heteroatoms. The lowest BCUT2D eigenvalue weighted by Gasteiger charge is -2.13. The lowest BCUT2D eigenvalue weighted by Crippen LogP contribution is -2.46. The molecule has 0 aliphatic rings. The van der Waals surface area contributed by atoms with E-state index in [0.717, 1.165) is 0 Å². The van der Waals surface area contributed by atoms with Gasteiger partial charge in [-0.25, -0.2) is 9.59 Å². The van der Waals surface area contributed by atoms with Crippen molar-refractivity contribution in [3.05, 3.63) is 11.1 Å². The number of carboxylic acid groups (broad SMARTS) is 2. The van der Waals surface area contributed by atoms with E-state index >= 15 is 0 Å². The Morgan fingerprint density at radius 2 is 1.88 bits per heavy atom. The highest BCUT2D eigenvalue weighted by atomic mass is 79.9. The van der Waals surface area contributed by atoms with Crippen LogP contribution in [0.15, 0.2) is 11.1 Å². The molecule has 4 N–H and O–H groups in total. The number of halogens is 1. The van der Waals surface area contributed by atoms with Gasteiger partial charge in [-0.1, -0.05) is 22.5 Å². The number of rotatable bonds is 7. The molecule has 0 rings (SSSR count). The van der Waals surface area contributed by atoms with Crippen molar-refractivity contribution in [3.63, 3.8) is 0 Å². The molecule has 96 valence electrons. The molecule has 0 aromatic rings. The third-order valence-corrected chi connectivity index (χ3v) is 1.97. The molecule has 0 aliphatic carbocycles. The number of hydrogen-bond acceptors (Lipinski definition) is 3. The molecule has 0 aromatic carbocycles. The smallest absolute Gasteiger partial charge is 0.326 e. The highest BCUT2D eigenvalue weighted by Crippen LogP contribution is 1.99. The molecule has 0 unspecified atom stereocenters. The topological polar surface area (TPSA) is 116 Å². The van der Waals surface area contributed by atoms with Crippen molar-refractivity contribution in [3.8, 4) is 0 Å². The van der Waals surface area contributed by atoms with Crippen LogP contribution in [-0.4, -0.2) is 40.8 Å². The molecule has 17 heavy (non-hydrogen) atoms. The highest BCUT2D eigenvalue weighted by Gasteiger charge is 2.20. The Labute approximate surface area is 106 Å². The van der Waals surface area contributed by atoms with Crippen LogP contribution in [0.25, 0.3) is 0 Å².